The van der Waals surface area contributed by atoms with Crippen LogP contribution in [0.2, 0.25) is 0 Å². The molecule has 1 aromatic carbocycles. The van der Waals surface area contributed by atoms with Gasteiger partial charge in [0.25, 0.3) is 5.69 Å². The average molecular weight is 349 g/mol. The van der Waals surface area contributed by atoms with Crippen molar-refractivity contribution in [2.75, 3.05) is 20.5 Å². The Morgan fingerprint density at radius 3 is 2.64 bits per heavy atom. The van der Waals surface area contributed by atoms with E-state index in [1.165, 1.54) is 31.4 Å². The van der Waals surface area contributed by atoms with E-state index in [2.05, 4.69) is 0 Å². The topological polar surface area (TPSA) is 105 Å². The van der Waals surface area contributed by atoms with Crippen LogP contribution in [0.3, 0.4) is 0 Å². The number of esters is 1. The predicted molar refractivity (Wildman–Crippen MR) is 84.9 cm³/mol. The zero-order valence-corrected chi connectivity index (χ0v) is 13.8. The lowest BCUT2D eigenvalue weighted by Gasteiger charge is -2.25. The largest absolute Gasteiger partial charge is 0.456 e. The number of hydrogen-bond donors (Lipinski definition) is 0. The molecule has 1 aromatic rings. The molecule has 2 saturated carbocycles. The second-order valence-electron chi connectivity index (χ2n) is 6.43. The number of ketones is 1. The lowest BCUT2D eigenvalue weighted by molar-refractivity contribution is -0.384. The number of fused-ring (bicyclic) bond motifs is 1. The van der Waals surface area contributed by atoms with E-state index in [9.17, 15) is 19.7 Å². The Morgan fingerprint density at radius 1 is 1.40 bits per heavy atom. The molecule has 0 heterocycles. The summed E-state index contributed by atoms with van der Waals surface area (Å²) in [5.41, 5.74) is -0.208. The maximum absolute atomic E-state index is 12.4. The average Bonchev–Trinajstić information content (AvgIpc) is 3.27. The Morgan fingerprint density at radius 2 is 2.12 bits per heavy atom. The summed E-state index contributed by atoms with van der Waals surface area (Å²) < 4.78 is 15.8. The normalized spacial score (nSPS) is 25.3. The quantitative estimate of drug-likeness (QED) is 0.233. The molecule has 2 aliphatic rings. The highest BCUT2D eigenvalue weighted by molar-refractivity contribution is 5.91. The Labute approximate surface area is 144 Å². The van der Waals surface area contributed by atoms with Crippen molar-refractivity contribution < 1.29 is 28.7 Å². The van der Waals surface area contributed by atoms with Gasteiger partial charge >= 0.3 is 5.97 Å². The van der Waals surface area contributed by atoms with E-state index in [0.717, 1.165) is 0 Å². The SMILES string of the molecule is COCOCC(OC(=O)c1ccc([N+](=O)[O-])cc1)C12CCC(=O)C1C2. The molecule has 0 saturated heterocycles. The van der Waals surface area contributed by atoms with Crippen molar-refractivity contribution in [3.05, 3.63) is 39.9 Å². The Bertz CT molecular complexity index is 687. The molecule has 0 radical (unpaired) electrons. The third-order valence-corrected chi connectivity index (χ3v) is 5.02. The number of Topliss-reactive ketones (excluding diaryl/α,β-unsaturated/α-hetero) is 1. The lowest BCUT2D eigenvalue weighted by atomic mass is 9.96. The molecule has 25 heavy (non-hydrogen) atoms. The minimum absolute atomic E-state index is 0.0618. The van der Waals surface area contributed by atoms with Crippen LogP contribution in [0.1, 0.15) is 29.6 Å². The molecule has 3 unspecified atom stereocenters. The minimum Gasteiger partial charge on any atom is -0.456 e. The van der Waals surface area contributed by atoms with Gasteiger partial charge in [0.05, 0.1) is 17.1 Å². The number of rotatable bonds is 8. The van der Waals surface area contributed by atoms with Crippen LogP contribution in [0.5, 0.6) is 0 Å². The second-order valence-corrected chi connectivity index (χ2v) is 6.43. The fourth-order valence-electron chi connectivity index (χ4n) is 3.55. The molecule has 3 rings (SSSR count). The van der Waals surface area contributed by atoms with E-state index >= 15 is 0 Å². The van der Waals surface area contributed by atoms with Crippen LogP contribution < -0.4 is 0 Å². The van der Waals surface area contributed by atoms with Gasteiger partial charge < -0.3 is 14.2 Å². The molecule has 3 atom stereocenters. The van der Waals surface area contributed by atoms with Crippen LogP contribution >= 0.6 is 0 Å². The Balaban J connectivity index is 1.70. The van der Waals surface area contributed by atoms with Crippen molar-refractivity contribution in [3.8, 4) is 0 Å². The van der Waals surface area contributed by atoms with E-state index in [-0.39, 0.29) is 41.8 Å². The number of non-ortho nitro benzene ring substituents is 1. The highest BCUT2D eigenvalue weighted by Crippen LogP contribution is 2.64. The third-order valence-electron chi connectivity index (χ3n) is 5.02. The van der Waals surface area contributed by atoms with Crippen LogP contribution in [0.4, 0.5) is 5.69 Å². The number of carbonyl (C=O) groups is 2. The van der Waals surface area contributed by atoms with Crippen molar-refractivity contribution in [2.24, 2.45) is 11.3 Å². The lowest BCUT2D eigenvalue weighted by Crippen LogP contribution is -2.33. The Hall–Kier alpha value is -2.32. The van der Waals surface area contributed by atoms with Crippen molar-refractivity contribution in [2.45, 2.75) is 25.4 Å². The van der Waals surface area contributed by atoms with Crippen molar-refractivity contribution in [1.29, 1.82) is 0 Å². The van der Waals surface area contributed by atoms with Gasteiger partial charge in [-0.05, 0) is 25.0 Å². The van der Waals surface area contributed by atoms with Crippen LogP contribution in [0.25, 0.3) is 0 Å². The first-order valence-electron chi connectivity index (χ1n) is 8.03. The van der Waals surface area contributed by atoms with Gasteiger partial charge in [-0.1, -0.05) is 0 Å². The molecule has 8 nitrogen and oxygen atoms in total. The summed E-state index contributed by atoms with van der Waals surface area (Å²) in [5.74, 6) is -0.434. The van der Waals surface area contributed by atoms with Gasteiger partial charge in [-0.25, -0.2) is 4.79 Å². The van der Waals surface area contributed by atoms with E-state index in [4.69, 9.17) is 14.2 Å². The summed E-state index contributed by atoms with van der Waals surface area (Å²) in [4.78, 5) is 34.4. The van der Waals surface area contributed by atoms with Crippen molar-refractivity contribution >= 4 is 17.4 Å². The van der Waals surface area contributed by atoms with E-state index in [1.807, 2.05) is 0 Å². The molecular formula is C17H19NO7. The highest BCUT2D eigenvalue weighted by atomic mass is 16.7. The van der Waals surface area contributed by atoms with Crippen LogP contribution in [-0.4, -0.2) is 43.3 Å². The summed E-state index contributed by atoms with van der Waals surface area (Å²) in [6.07, 6.45) is 1.35. The monoisotopic (exact) mass is 349 g/mol. The molecular weight excluding hydrogens is 330 g/mol. The van der Waals surface area contributed by atoms with Gasteiger partial charge in [-0.15, -0.1) is 0 Å². The first kappa shape index (κ1) is 17.5. The van der Waals surface area contributed by atoms with Crippen LogP contribution in [-0.2, 0) is 19.0 Å². The molecule has 2 aliphatic carbocycles. The smallest absolute Gasteiger partial charge is 0.338 e. The number of nitro groups is 1. The molecule has 0 aromatic heterocycles. The van der Waals surface area contributed by atoms with Gasteiger partial charge in [0.15, 0.2) is 0 Å². The van der Waals surface area contributed by atoms with Crippen molar-refractivity contribution in [1.82, 2.24) is 0 Å². The predicted octanol–water partition coefficient (Wildman–Crippen LogP) is 2.11. The zero-order chi connectivity index (χ0) is 18.0. The summed E-state index contributed by atoms with van der Waals surface area (Å²) in [6.45, 7) is 0.219. The fourth-order valence-corrected chi connectivity index (χ4v) is 3.55. The van der Waals surface area contributed by atoms with Crippen LogP contribution in [0, 0.1) is 21.4 Å². The number of hydrogen-bond acceptors (Lipinski definition) is 7. The Kier molecular flexibility index (Phi) is 4.82. The molecule has 0 amide bonds. The number of nitrogens with zero attached hydrogens (tertiary/aromatic N) is 1. The number of carbonyl (C=O) groups excluding carboxylic acids is 2. The first-order chi connectivity index (χ1) is 12.0. The molecule has 0 bridgehead atoms. The number of nitro benzene ring substituents is 1. The van der Waals surface area contributed by atoms with Crippen molar-refractivity contribution in [3.63, 3.8) is 0 Å². The molecule has 8 heteroatoms. The van der Waals surface area contributed by atoms with Gasteiger partial charge in [-0.2, -0.15) is 0 Å². The summed E-state index contributed by atoms with van der Waals surface area (Å²) >= 11 is 0. The second kappa shape index (κ2) is 6.89. The first-order valence-corrected chi connectivity index (χ1v) is 8.03. The van der Waals surface area contributed by atoms with Crippen LogP contribution in [0.15, 0.2) is 24.3 Å². The van der Waals surface area contributed by atoms with Gasteiger partial charge in [0.2, 0.25) is 0 Å². The summed E-state index contributed by atoms with van der Waals surface area (Å²) in [7, 11) is 1.50. The highest BCUT2D eigenvalue weighted by Gasteiger charge is 2.66. The molecule has 0 aliphatic heterocycles. The van der Waals surface area contributed by atoms with E-state index in [0.29, 0.717) is 19.3 Å². The van der Waals surface area contributed by atoms with Gasteiger partial charge in [0, 0.05) is 37.0 Å². The maximum Gasteiger partial charge on any atom is 0.338 e. The fraction of sp³-hybridized carbons (Fsp3) is 0.529. The minimum atomic E-state index is -0.583. The number of methoxy groups -OCH3 is 1. The molecule has 134 valence electrons. The zero-order valence-electron chi connectivity index (χ0n) is 13.8. The third kappa shape index (κ3) is 3.40. The van der Waals surface area contributed by atoms with E-state index < -0.39 is 17.0 Å². The van der Waals surface area contributed by atoms with E-state index in [1.54, 1.807) is 0 Å². The maximum atomic E-state index is 12.4. The van der Waals surface area contributed by atoms with Gasteiger partial charge in [0.1, 0.15) is 18.7 Å². The number of ether oxygens (including phenoxy) is 3. The number of benzene rings is 1. The summed E-state index contributed by atoms with van der Waals surface area (Å²) in [5, 5.41) is 10.7. The molecule has 0 spiro atoms. The standard InChI is InChI=1S/C17H19NO7/c1-23-10-24-9-15(17-7-6-14(19)13(17)8-17)25-16(20)11-2-4-12(5-3-11)18(21)22/h2-5,13,15H,6-10H2,1H3. The molecule has 0 N–H and O–H groups in total. The summed E-state index contributed by atoms with van der Waals surface area (Å²) in [6, 6.07) is 5.22. The molecule has 2 fully saturated rings. The van der Waals surface area contributed by atoms with Gasteiger partial charge in [-0.3, -0.25) is 14.9 Å².